The normalized spacial score (nSPS) is 11.7. The Morgan fingerprint density at radius 1 is 1.12 bits per heavy atom. The van der Waals surface area contributed by atoms with Crippen LogP contribution in [0, 0.1) is 13.8 Å². The highest BCUT2D eigenvalue weighted by Crippen LogP contribution is 2.20. The van der Waals surface area contributed by atoms with Gasteiger partial charge in [-0.15, -0.1) is 0 Å². The molecule has 1 amide bonds. The summed E-state index contributed by atoms with van der Waals surface area (Å²) in [6.45, 7) is 8.82. The van der Waals surface area contributed by atoms with Crippen molar-refractivity contribution in [3.63, 3.8) is 0 Å². The van der Waals surface area contributed by atoms with Gasteiger partial charge in [0.2, 0.25) is 0 Å². The van der Waals surface area contributed by atoms with Crippen LogP contribution in [0.4, 0.5) is 0 Å². The molecule has 0 radical (unpaired) electrons. The van der Waals surface area contributed by atoms with Crippen LogP contribution in [0.2, 0.25) is 0 Å². The Morgan fingerprint density at radius 2 is 1.83 bits per heavy atom. The van der Waals surface area contributed by atoms with Gasteiger partial charge in [-0.05, 0) is 57.0 Å². The molecule has 1 atom stereocenters. The van der Waals surface area contributed by atoms with Gasteiger partial charge in [0.05, 0.1) is 6.61 Å². The molecule has 128 valence electrons. The van der Waals surface area contributed by atoms with Gasteiger partial charge in [0.15, 0.2) is 6.10 Å². The van der Waals surface area contributed by atoms with E-state index in [0.717, 1.165) is 22.6 Å². The third kappa shape index (κ3) is 5.01. The number of benzene rings is 2. The number of hydrogen-bond donors (Lipinski definition) is 1. The largest absolute Gasteiger partial charge is 0.494 e. The van der Waals surface area contributed by atoms with Crippen molar-refractivity contribution < 1.29 is 14.3 Å². The first kappa shape index (κ1) is 17.9. The number of rotatable bonds is 7. The molecule has 2 aromatic carbocycles. The van der Waals surface area contributed by atoms with E-state index in [0.29, 0.717) is 13.2 Å². The third-order valence-electron chi connectivity index (χ3n) is 3.70. The highest BCUT2D eigenvalue weighted by molar-refractivity contribution is 5.80. The van der Waals surface area contributed by atoms with E-state index in [1.54, 1.807) is 6.92 Å². The maximum absolute atomic E-state index is 12.2. The van der Waals surface area contributed by atoms with Crippen molar-refractivity contribution in [3.8, 4) is 11.5 Å². The van der Waals surface area contributed by atoms with Gasteiger partial charge in [0.1, 0.15) is 11.5 Å². The number of nitrogens with one attached hydrogen (secondary N) is 1. The van der Waals surface area contributed by atoms with Crippen molar-refractivity contribution in [3.05, 3.63) is 59.2 Å². The van der Waals surface area contributed by atoms with Gasteiger partial charge in [0.25, 0.3) is 5.91 Å². The second-order valence-corrected chi connectivity index (χ2v) is 5.82. The predicted octanol–water partition coefficient (Wildman–Crippen LogP) is 3.79. The van der Waals surface area contributed by atoms with Crippen LogP contribution in [-0.2, 0) is 11.3 Å². The molecule has 4 nitrogen and oxygen atoms in total. The van der Waals surface area contributed by atoms with Crippen molar-refractivity contribution in [2.24, 2.45) is 0 Å². The summed E-state index contributed by atoms with van der Waals surface area (Å²) in [4.78, 5) is 12.2. The molecule has 2 rings (SSSR count). The zero-order valence-electron chi connectivity index (χ0n) is 14.8. The fourth-order valence-corrected chi connectivity index (χ4v) is 2.38. The first-order valence-corrected chi connectivity index (χ1v) is 8.23. The molecule has 4 heteroatoms. The molecule has 0 fully saturated rings. The Balaban J connectivity index is 1.87. The number of hydrogen-bond acceptors (Lipinski definition) is 3. The molecule has 2 aromatic rings. The van der Waals surface area contributed by atoms with Crippen LogP contribution in [-0.4, -0.2) is 18.6 Å². The smallest absolute Gasteiger partial charge is 0.261 e. The summed E-state index contributed by atoms with van der Waals surface area (Å²) in [6.07, 6.45) is -0.547. The lowest BCUT2D eigenvalue weighted by Crippen LogP contribution is -2.36. The van der Waals surface area contributed by atoms with Crippen molar-refractivity contribution in [1.82, 2.24) is 5.32 Å². The Bertz CT molecular complexity index is 680. The van der Waals surface area contributed by atoms with Crippen LogP contribution < -0.4 is 14.8 Å². The van der Waals surface area contributed by atoms with Crippen LogP contribution in [0.5, 0.6) is 11.5 Å². The highest BCUT2D eigenvalue weighted by Gasteiger charge is 2.15. The van der Waals surface area contributed by atoms with Crippen molar-refractivity contribution in [2.75, 3.05) is 6.61 Å². The molecule has 0 saturated carbocycles. The monoisotopic (exact) mass is 327 g/mol. The minimum atomic E-state index is -0.547. The number of amides is 1. The zero-order chi connectivity index (χ0) is 17.5. The molecule has 1 N–H and O–H groups in total. The van der Waals surface area contributed by atoms with Crippen LogP contribution >= 0.6 is 0 Å². The Kier molecular flexibility index (Phi) is 6.24. The van der Waals surface area contributed by atoms with Gasteiger partial charge in [-0.3, -0.25) is 4.79 Å². The van der Waals surface area contributed by atoms with Crippen LogP contribution in [0.3, 0.4) is 0 Å². The summed E-state index contributed by atoms with van der Waals surface area (Å²) < 4.78 is 11.2. The molecular weight excluding hydrogens is 302 g/mol. The summed E-state index contributed by atoms with van der Waals surface area (Å²) in [6, 6.07) is 13.6. The Morgan fingerprint density at radius 3 is 2.46 bits per heavy atom. The van der Waals surface area contributed by atoms with Gasteiger partial charge in [0, 0.05) is 6.54 Å². The number of carbonyl (C=O) groups is 1. The lowest BCUT2D eigenvalue weighted by atomic mass is 10.1. The first-order chi connectivity index (χ1) is 11.5. The van der Waals surface area contributed by atoms with E-state index in [1.165, 1.54) is 5.56 Å². The van der Waals surface area contributed by atoms with E-state index in [9.17, 15) is 4.79 Å². The van der Waals surface area contributed by atoms with Crippen molar-refractivity contribution in [1.29, 1.82) is 0 Å². The molecule has 0 aromatic heterocycles. The quantitative estimate of drug-likeness (QED) is 0.842. The molecule has 0 spiro atoms. The zero-order valence-corrected chi connectivity index (χ0v) is 14.8. The summed E-state index contributed by atoms with van der Waals surface area (Å²) in [5.74, 6) is 1.44. The van der Waals surface area contributed by atoms with E-state index in [2.05, 4.69) is 5.32 Å². The number of carbonyl (C=O) groups excluding carboxylic acids is 1. The van der Waals surface area contributed by atoms with E-state index in [1.807, 2.05) is 63.2 Å². The van der Waals surface area contributed by atoms with E-state index in [-0.39, 0.29) is 5.91 Å². The van der Waals surface area contributed by atoms with Crippen LogP contribution in [0.25, 0.3) is 0 Å². The minimum Gasteiger partial charge on any atom is -0.494 e. The third-order valence-corrected chi connectivity index (χ3v) is 3.70. The summed E-state index contributed by atoms with van der Waals surface area (Å²) in [5, 5.41) is 2.90. The van der Waals surface area contributed by atoms with Gasteiger partial charge < -0.3 is 14.8 Å². The molecular formula is C20H25NO3. The lowest BCUT2D eigenvalue weighted by Gasteiger charge is -2.16. The maximum atomic E-state index is 12.2. The number of aryl methyl sites for hydroxylation is 2. The topological polar surface area (TPSA) is 47.6 Å². The molecule has 0 aliphatic heterocycles. The highest BCUT2D eigenvalue weighted by atomic mass is 16.5. The molecule has 0 heterocycles. The van der Waals surface area contributed by atoms with E-state index < -0.39 is 6.10 Å². The van der Waals surface area contributed by atoms with Crippen LogP contribution in [0.1, 0.15) is 30.5 Å². The second-order valence-electron chi connectivity index (χ2n) is 5.82. The molecule has 0 aliphatic carbocycles. The number of ether oxygens (including phenoxy) is 2. The van der Waals surface area contributed by atoms with Gasteiger partial charge >= 0.3 is 0 Å². The van der Waals surface area contributed by atoms with Gasteiger partial charge in [-0.2, -0.15) is 0 Å². The average Bonchev–Trinajstić information content (AvgIpc) is 2.56. The molecule has 0 aliphatic rings. The fourth-order valence-electron chi connectivity index (χ4n) is 2.38. The van der Waals surface area contributed by atoms with Crippen molar-refractivity contribution >= 4 is 5.91 Å². The summed E-state index contributed by atoms with van der Waals surface area (Å²) in [7, 11) is 0. The average molecular weight is 327 g/mol. The first-order valence-electron chi connectivity index (χ1n) is 8.23. The van der Waals surface area contributed by atoms with Crippen molar-refractivity contribution in [2.45, 2.75) is 40.3 Å². The maximum Gasteiger partial charge on any atom is 0.261 e. The van der Waals surface area contributed by atoms with Gasteiger partial charge in [-0.25, -0.2) is 0 Å². The summed E-state index contributed by atoms with van der Waals surface area (Å²) >= 11 is 0. The molecule has 0 bridgehead atoms. The fraction of sp³-hybridized carbons (Fsp3) is 0.350. The predicted molar refractivity (Wildman–Crippen MR) is 95.5 cm³/mol. The SMILES string of the molecule is CCOc1ccc(CNC(=O)[C@@H](C)Oc2ccc(C)cc2C)cc1. The Hall–Kier alpha value is -2.49. The minimum absolute atomic E-state index is 0.135. The van der Waals surface area contributed by atoms with Crippen LogP contribution in [0.15, 0.2) is 42.5 Å². The standard InChI is InChI=1S/C20H25NO3/c1-5-23-18-9-7-17(8-10-18)13-21-20(22)16(4)24-19-11-6-14(2)12-15(19)3/h6-12,16H,5,13H2,1-4H3,(H,21,22)/t16-/m1/s1. The second kappa shape index (κ2) is 8.39. The molecule has 24 heavy (non-hydrogen) atoms. The van der Waals surface area contributed by atoms with E-state index >= 15 is 0 Å². The molecule has 0 saturated heterocycles. The molecule has 0 unspecified atom stereocenters. The summed E-state index contributed by atoms with van der Waals surface area (Å²) in [5.41, 5.74) is 3.22. The lowest BCUT2D eigenvalue weighted by molar-refractivity contribution is -0.127. The van der Waals surface area contributed by atoms with Gasteiger partial charge in [-0.1, -0.05) is 29.8 Å². The van der Waals surface area contributed by atoms with E-state index in [4.69, 9.17) is 9.47 Å². The Labute approximate surface area is 143 Å².